The zero-order valence-corrected chi connectivity index (χ0v) is 13.1. The second kappa shape index (κ2) is 7.66. The molecule has 0 aromatic carbocycles. The summed E-state index contributed by atoms with van der Waals surface area (Å²) in [6.45, 7) is -0.392. The van der Waals surface area contributed by atoms with E-state index in [4.69, 9.17) is 14.9 Å². The molecule has 0 saturated carbocycles. The van der Waals surface area contributed by atoms with Gasteiger partial charge >= 0.3 is 13.3 Å². The lowest BCUT2D eigenvalue weighted by molar-refractivity contribution is -0.133. The average Bonchev–Trinajstić information content (AvgIpc) is 2.42. The van der Waals surface area contributed by atoms with Gasteiger partial charge in [-0.25, -0.2) is 4.79 Å². The Hall–Kier alpha value is -1.78. The van der Waals surface area contributed by atoms with E-state index in [1.807, 2.05) is 4.98 Å². The molecular formula is C11H18N3O8P. The number of aliphatic hydroxyl groups is 2. The second-order valence-electron chi connectivity index (χ2n) is 4.96. The van der Waals surface area contributed by atoms with Crippen molar-refractivity contribution in [3.63, 3.8) is 0 Å². The maximum Gasteiger partial charge on any atom is 0.344 e. The lowest BCUT2D eigenvalue weighted by Crippen LogP contribution is -2.43. The van der Waals surface area contributed by atoms with Crippen molar-refractivity contribution in [2.75, 3.05) is 19.4 Å². The molecule has 0 aliphatic rings. The molecule has 0 radical (unpaired) electrons. The van der Waals surface area contributed by atoms with Gasteiger partial charge in [-0.15, -0.1) is 0 Å². The fourth-order valence-electron chi connectivity index (χ4n) is 1.75. The van der Waals surface area contributed by atoms with Crippen LogP contribution in [0.2, 0.25) is 0 Å². The highest BCUT2D eigenvalue weighted by Gasteiger charge is 2.25. The smallest absolute Gasteiger partial charge is 0.344 e. The topological polar surface area (TPSA) is 173 Å². The summed E-state index contributed by atoms with van der Waals surface area (Å²) in [4.78, 5) is 55.6. The summed E-state index contributed by atoms with van der Waals surface area (Å²) in [6, 6.07) is 0. The predicted octanol–water partition coefficient (Wildman–Crippen LogP) is -2.84. The zero-order valence-electron chi connectivity index (χ0n) is 12.2. The molecule has 130 valence electrons. The number of amides is 1. The first-order valence-corrected chi connectivity index (χ1v) is 8.25. The Morgan fingerprint density at radius 1 is 1.43 bits per heavy atom. The summed E-state index contributed by atoms with van der Waals surface area (Å²) in [5.74, 6) is -0.866. The van der Waals surface area contributed by atoms with E-state index in [1.165, 1.54) is 6.92 Å². The largest absolute Gasteiger partial charge is 0.394 e. The van der Waals surface area contributed by atoms with Gasteiger partial charge in [-0.3, -0.25) is 23.7 Å². The number of hydrogen-bond acceptors (Lipinski definition) is 6. The van der Waals surface area contributed by atoms with Crippen LogP contribution in [-0.2, 0) is 15.9 Å². The molecule has 0 unspecified atom stereocenters. The minimum Gasteiger partial charge on any atom is -0.394 e. The Bertz CT molecular complexity index is 721. The van der Waals surface area contributed by atoms with Crippen LogP contribution in [-0.4, -0.2) is 65.9 Å². The third kappa shape index (κ3) is 6.08. The van der Waals surface area contributed by atoms with Gasteiger partial charge in [-0.05, 0) is 6.92 Å². The number of nitrogens with one attached hydrogen (secondary N) is 1. The number of hydrogen-bond donors (Lipinski definition) is 5. The number of carbonyl (C=O) groups excluding carboxylic acids is 1. The van der Waals surface area contributed by atoms with E-state index in [2.05, 4.69) is 0 Å². The highest BCUT2D eigenvalue weighted by atomic mass is 31.2. The Labute approximate surface area is 130 Å². The van der Waals surface area contributed by atoms with Crippen molar-refractivity contribution in [1.29, 1.82) is 0 Å². The molecule has 1 aromatic heterocycles. The minimum absolute atomic E-state index is 0.175. The molecule has 1 heterocycles. The number of carbonyl (C=O) groups is 1. The Kier molecular flexibility index (Phi) is 6.42. The SMILES string of the molecule is Cc1cn(CC(=O)N(C[C@H](O)CO)CP(=O)(O)O)c(=O)[nH]c1=O. The number of H-pyrrole nitrogens is 1. The van der Waals surface area contributed by atoms with Gasteiger partial charge in [0.25, 0.3) is 5.56 Å². The molecule has 11 nitrogen and oxygen atoms in total. The van der Waals surface area contributed by atoms with Crippen molar-refractivity contribution in [3.8, 4) is 0 Å². The van der Waals surface area contributed by atoms with Crippen molar-refractivity contribution in [3.05, 3.63) is 32.6 Å². The Balaban J connectivity index is 3.01. The van der Waals surface area contributed by atoms with Gasteiger partial charge < -0.3 is 24.9 Å². The molecule has 0 bridgehead atoms. The van der Waals surface area contributed by atoms with Gasteiger partial charge in [0.05, 0.1) is 12.7 Å². The van der Waals surface area contributed by atoms with Crippen molar-refractivity contribution >= 4 is 13.5 Å². The number of aliphatic hydroxyl groups excluding tert-OH is 2. The molecule has 0 fully saturated rings. The quantitative estimate of drug-likeness (QED) is 0.327. The van der Waals surface area contributed by atoms with Crippen LogP contribution in [0.1, 0.15) is 5.56 Å². The molecule has 0 aliphatic carbocycles. The highest BCUT2D eigenvalue weighted by Crippen LogP contribution is 2.35. The lowest BCUT2D eigenvalue weighted by Gasteiger charge is -2.25. The Morgan fingerprint density at radius 2 is 2.04 bits per heavy atom. The first-order valence-electron chi connectivity index (χ1n) is 6.45. The van der Waals surface area contributed by atoms with E-state index in [0.717, 1.165) is 10.8 Å². The molecule has 5 N–H and O–H groups in total. The first-order chi connectivity index (χ1) is 10.5. The maximum absolute atomic E-state index is 12.1. The van der Waals surface area contributed by atoms with Gasteiger partial charge in [-0.2, -0.15) is 0 Å². The molecule has 23 heavy (non-hydrogen) atoms. The molecule has 1 atom stereocenters. The van der Waals surface area contributed by atoms with E-state index in [1.54, 1.807) is 0 Å². The molecular weight excluding hydrogens is 333 g/mol. The number of aromatic nitrogens is 2. The van der Waals surface area contributed by atoms with Gasteiger partial charge in [0.15, 0.2) is 0 Å². The van der Waals surface area contributed by atoms with E-state index >= 15 is 0 Å². The molecule has 0 aliphatic heterocycles. The number of aryl methyl sites for hydroxylation is 1. The summed E-state index contributed by atoms with van der Waals surface area (Å²) in [7, 11) is -4.61. The van der Waals surface area contributed by atoms with Crippen LogP contribution in [0.4, 0.5) is 0 Å². The van der Waals surface area contributed by atoms with Crippen LogP contribution in [0, 0.1) is 6.92 Å². The van der Waals surface area contributed by atoms with E-state index < -0.39 is 56.8 Å². The number of nitrogens with zero attached hydrogens (tertiary/aromatic N) is 2. The summed E-state index contributed by atoms with van der Waals surface area (Å²) in [6.07, 6.45) is -1.23. The highest BCUT2D eigenvalue weighted by molar-refractivity contribution is 7.51. The predicted molar refractivity (Wildman–Crippen MR) is 77.8 cm³/mol. The van der Waals surface area contributed by atoms with Crippen LogP contribution in [0.15, 0.2) is 15.8 Å². The van der Waals surface area contributed by atoms with Gasteiger partial charge in [0.1, 0.15) is 12.8 Å². The van der Waals surface area contributed by atoms with E-state index in [-0.39, 0.29) is 5.56 Å². The summed E-state index contributed by atoms with van der Waals surface area (Å²) in [5, 5.41) is 18.1. The summed E-state index contributed by atoms with van der Waals surface area (Å²) < 4.78 is 11.9. The lowest BCUT2D eigenvalue weighted by atomic mass is 10.3. The van der Waals surface area contributed by atoms with Gasteiger partial charge in [0.2, 0.25) is 5.91 Å². The third-order valence-corrected chi connectivity index (χ3v) is 3.55. The molecule has 0 spiro atoms. The third-order valence-electron chi connectivity index (χ3n) is 2.84. The van der Waals surface area contributed by atoms with Crippen LogP contribution >= 0.6 is 7.60 Å². The fraction of sp³-hybridized carbons (Fsp3) is 0.545. The molecule has 0 saturated heterocycles. The van der Waals surface area contributed by atoms with Crippen LogP contribution < -0.4 is 11.2 Å². The number of rotatable bonds is 7. The van der Waals surface area contributed by atoms with E-state index in [0.29, 0.717) is 4.90 Å². The van der Waals surface area contributed by atoms with Crippen molar-refractivity contribution in [2.45, 2.75) is 19.6 Å². The van der Waals surface area contributed by atoms with Crippen molar-refractivity contribution in [2.24, 2.45) is 0 Å². The van der Waals surface area contributed by atoms with Gasteiger partial charge in [-0.1, -0.05) is 0 Å². The molecule has 1 aromatic rings. The van der Waals surface area contributed by atoms with Crippen molar-refractivity contribution in [1.82, 2.24) is 14.5 Å². The summed E-state index contributed by atoms with van der Waals surface area (Å²) in [5.41, 5.74) is -1.29. The van der Waals surface area contributed by atoms with Crippen LogP contribution in [0.3, 0.4) is 0 Å². The molecule has 1 rings (SSSR count). The van der Waals surface area contributed by atoms with Gasteiger partial charge in [0, 0.05) is 18.3 Å². The monoisotopic (exact) mass is 351 g/mol. The Morgan fingerprint density at radius 3 is 2.57 bits per heavy atom. The zero-order chi connectivity index (χ0) is 17.8. The normalized spacial score (nSPS) is 12.9. The average molecular weight is 351 g/mol. The molecule has 12 heteroatoms. The van der Waals surface area contributed by atoms with Crippen molar-refractivity contribution < 1.29 is 29.4 Å². The second-order valence-corrected chi connectivity index (χ2v) is 6.57. The summed E-state index contributed by atoms with van der Waals surface area (Å²) >= 11 is 0. The van der Waals surface area contributed by atoms with Crippen LogP contribution in [0.25, 0.3) is 0 Å². The molecule has 1 amide bonds. The standard InChI is InChI=1S/C11H18N3O8P/c1-7-2-13(11(19)12-10(7)18)4-9(17)14(3-8(16)5-15)6-23(20,21)22/h2,8,15-16H,3-6H2,1H3,(H,12,18,19)(H2,20,21,22)/t8-/m0/s1. The minimum atomic E-state index is -4.61. The number of aromatic amines is 1. The van der Waals surface area contributed by atoms with E-state index in [9.17, 15) is 24.1 Å². The maximum atomic E-state index is 12.1. The first kappa shape index (κ1) is 19.3. The fourth-order valence-corrected chi connectivity index (χ4v) is 2.47. The van der Waals surface area contributed by atoms with Crippen LogP contribution in [0.5, 0.6) is 0 Å².